The van der Waals surface area contributed by atoms with Gasteiger partial charge in [-0.3, -0.25) is 0 Å². The number of hydrogen-bond acceptors (Lipinski definition) is 8. The van der Waals surface area contributed by atoms with Crippen molar-refractivity contribution < 1.29 is 10.2 Å². The number of pyridine rings is 2. The molecule has 6 rings (SSSR count). The van der Waals surface area contributed by atoms with Crippen LogP contribution < -0.4 is 20.4 Å². The predicted octanol–water partition coefficient (Wildman–Crippen LogP) is 4.60. The number of nitrogens with one attached hydrogen (secondary N) is 2. The van der Waals surface area contributed by atoms with E-state index in [-0.39, 0.29) is 25.3 Å². The molecule has 0 radical (unpaired) electrons. The summed E-state index contributed by atoms with van der Waals surface area (Å²) < 4.78 is 0. The molecule has 1 aromatic carbocycles. The van der Waals surface area contributed by atoms with Gasteiger partial charge in [-0.15, -0.1) is 11.6 Å². The smallest absolute Gasteiger partial charge is 0.133 e. The molecule has 0 saturated carbocycles. The van der Waals surface area contributed by atoms with Crippen LogP contribution in [-0.4, -0.2) is 79.0 Å². The molecule has 8 nitrogen and oxygen atoms in total. The molecule has 2 unspecified atom stereocenters. The van der Waals surface area contributed by atoms with Gasteiger partial charge in [-0.2, -0.15) is 0 Å². The number of benzene rings is 1. The maximum atomic E-state index is 9.45. The molecule has 0 bridgehead atoms. The summed E-state index contributed by atoms with van der Waals surface area (Å²) in [4.78, 5) is 15.1. The van der Waals surface area contributed by atoms with E-state index in [2.05, 4.69) is 64.9 Å². The highest BCUT2D eigenvalue weighted by molar-refractivity contribution is 6.34. The number of aliphatic hydroxyl groups is 2. The SMILES string of the molecule is CN1CC[C@H](NCCO)c2ccc(C3(c4ccc5c(n4)N(C)CC[C@H]5NCCO)C=CC=C(c4ccccc4Cl)C3Cl)nc21. The maximum absolute atomic E-state index is 9.45. The summed E-state index contributed by atoms with van der Waals surface area (Å²) in [5, 5.41) is 25.9. The number of aliphatic hydroxyl groups excluding tert-OH is 2. The summed E-state index contributed by atoms with van der Waals surface area (Å²) in [7, 11) is 4.14. The average molecular weight is 636 g/mol. The van der Waals surface area contributed by atoms with Gasteiger partial charge in [-0.1, -0.05) is 60.2 Å². The second kappa shape index (κ2) is 13.2. The number of hydrogen-bond donors (Lipinski definition) is 4. The van der Waals surface area contributed by atoms with E-state index in [0.717, 1.165) is 71.2 Å². The molecule has 44 heavy (non-hydrogen) atoms. The molecule has 0 spiro atoms. The molecule has 3 aromatic rings. The van der Waals surface area contributed by atoms with Crippen LogP contribution in [0.1, 0.15) is 53.0 Å². The van der Waals surface area contributed by atoms with Crippen LogP contribution in [0, 0.1) is 0 Å². The Bertz CT molecular complexity index is 1490. The highest BCUT2D eigenvalue weighted by Gasteiger charge is 2.47. The van der Waals surface area contributed by atoms with Crippen LogP contribution in [0.4, 0.5) is 11.6 Å². The van der Waals surface area contributed by atoms with Crippen LogP contribution in [0.25, 0.3) is 5.57 Å². The Morgan fingerprint density at radius 2 is 1.39 bits per heavy atom. The third-order valence-corrected chi connectivity index (χ3v) is 10.0. The fraction of sp³-hybridized carbons (Fsp3) is 0.412. The van der Waals surface area contributed by atoms with Crippen LogP contribution in [0.15, 0.2) is 66.8 Å². The first-order valence-electron chi connectivity index (χ1n) is 15.3. The van der Waals surface area contributed by atoms with E-state index in [1.54, 1.807) is 0 Å². The fourth-order valence-corrected chi connectivity index (χ4v) is 7.54. The third-order valence-electron chi connectivity index (χ3n) is 9.14. The Kier molecular flexibility index (Phi) is 9.29. The predicted molar refractivity (Wildman–Crippen MR) is 179 cm³/mol. The van der Waals surface area contributed by atoms with Gasteiger partial charge in [0, 0.05) is 68.5 Å². The molecule has 4 N–H and O–H groups in total. The highest BCUT2D eigenvalue weighted by Crippen LogP contribution is 2.49. The summed E-state index contributed by atoms with van der Waals surface area (Å²) >= 11 is 14.4. The zero-order valence-corrected chi connectivity index (χ0v) is 26.7. The Morgan fingerprint density at radius 3 is 1.91 bits per heavy atom. The summed E-state index contributed by atoms with van der Waals surface area (Å²) in [5.41, 5.74) is 4.72. The fourth-order valence-electron chi connectivity index (χ4n) is 6.81. The lowest BCUT2D eigenvalue weighted by atomic mass is 9.70. The number of halogens is 2. The Morgan fingerprint density at radius 1 is 0.841 bits per heavy atom. The van der Waals surface area contributed by atoms with Gasteiger partial charge in [0.05, 0.1) is 35.4 Å². The lowest BCUT2D eigenvalue weighted by molar-refractivity contribution is 0.281. The third kappa shape index (κ3) is 5.53. The highest BCUT2D eigenvalue weighted by atomic mass is 35.5. The molecule has 3 aliphatic rings. The van der Waals surface area contributed by atoms with Crippen LogP contribution >= 0.6 is 23.2 Å². The van der Waals surface area contributed by atoms with Crippen LogP contribution in [0.5, 0.6) is 0 Å². The topological polar surface area (TPSA) is 96.8 Å². The zero-order valence-electron chi connectivity index (χ0n) is 25.2. The number of alkyl halides is 1. The van der Waals surface area contributed by atoms with Crippen molar-refractivity contribution in [3.63, 3.8) is 0 Å². The van der Waals surface area contributed by atoms with Crippen molar-refractivity contribution in [2.24, 2.45) is 0 Å². The van der Waals surface area contributed by atoms with E-state index in [1.165, 1.54) is 0 Å². The van der Waals surface area contributed by atoms with E-state index in [1.807, 2.05) is 36.4 Å². The number of nitrogens with zero attached hydrogens (tertiary/aromatic N) is 4. The summed E-state index contributed by atoms with van der Waals surface area (Å²) in [6.45, 7) is 2.91. The first kappa shape index (κ1) is 31.0. The minimum absolute atomic E-state index is 0.0843. The quantitative estimate of drug-likeness (QED) is 0.254. The first-order valence-corrected chi connectivity index (χ1v) is 16.1. The van der Waals surface area contributed by atoms with Crippen molar-refractivity contribution in [3.05, 3.63) is 99.9 Å². The lowest BCUT2D eigenvalue weighted by Gasteiger charge is -2.41. The van der Waals surface area contributed by atoms with Crippen LogP contribution in [-0.2, 0) is 5.41 Å². The Labute approximate surface area is 269 Å². The molecular formula is C34H40Cl2N6O2. The standard InChI is InChI=1S/C34H40Cl2N6O2/c1-41-18-13-27(37-16-20-43)24-9-11-29(39-32(24)41)34(15-5-7-23(31(34)36)22-6-3-4-8-26(22)35)30-12-10-25-28(38-17-21-44)14-19-42(2)33(25)40-30/h3-12,15,27-28,31,37-38,43-44H,13-14,16-21H2,1-2H3/t27-,28+,31?,34?. The van der Waals surface area contributed by atoms with E-state index in [0.29, 0.717) is 18.1 Å². The Balaban J connectivity index is 1.52. The van der Waals surface area contributed by atoms with E-state index in [9.17, 15) is 10.2 Å². The second-order valence-electron chi connectivity index (χ2n) is 11.8. The van der Waals surface area contributed by atoms with Crippen LogP contribution in [0.3, 0.4) is 0 Å². The van der Waals surface area contributed by atoms with Crippen molar-refractivity contribution in [1.29, 1.82) is 0 Å². The van der Waals surface area contributed by atoms with Crippen molar-refractivity contribution in [2.45, 2.75) is 35.7 Å². The van der Waals surface area contributed by atoms with Gasteiger partial charge in [0.2, 0.25) is 0 Å². The van der Waals surface area contributed by atoms with Gasteiger partial charge < -0.3 is 30.6 Å². The van der Waals surface area contributed by atoms with E-state index >= 15 is 0 Å². The minimum atomic E-state index is -0.895. The number of aromatic nitrogens is 2. The van der Waals surface area contributed by atoms with Crippen molar-refractivity contribution >= 4 is 40.4 Å². The summed E-state index contributed by atoms with van der Waals surface area (Å²) in [6, 6.07) is 16.5. The van der Waals surface area contributed by atoms with Crippen LogP contribution in [0.2, 0.25) is 5.02 Å². The number of fused-ring (bicyclic) bond motifs is 2. The Hall–Kier alpha value is -2.98. The zero-order chi connectivity index (χ0) is 30.8. The molecule has 0 fully saturated rings. The number of anilines is 2. The molecule has 4 heterocycles. The van der Waals surface area contributed by atoms with Gasteiger partial charge in [-0.05, 0) is 42.2 Å². The minimum Gasteiger partial charge on any atom is -0.395 e. The lowest BCUT2D eigenvalue weighted by Crippen LogP contribution is -2.42. The number of rotatable bonds is 9. The molecule has 1 aliphatic carbocycles. The number of allylic oxidation sites excluding steroid dienone is 4. The molecule has 4 atom stereocenters. The normalized spacial score (nSPS) is 24.6. The van der Waals surface area contributed by atoms with E-state index in [4.69, 9.17) is 33.2 Å². The molecular weight excluding hydrogens is 595 g/mol. The van der Waals surface area contributed by atoms with Gasteiger partial charge in [0.15, 0.2) is 0 Å². The monoisotopic (exact) mass is 634 g/mol. The van der Waals surface area contributed by atoms with Gasteiger partial charge in [-0.25, -0.2) is 9.97 Å². The van der Waals surface area contributed by atoms with E-state index < -0.39 is 10.8 Å². The van der Waals surface area contributed by atoms with Gasteiger partial charge >= 0.3 is 0 Å². The summed E-state index contributed by atoms with van der Waals surface area (Å²) in [6.07, 6.45) is 8.07. The van der Waals surface area contributed by atoms with Gasteiger partial charge in [0.25, 0.3) is 0 Å². The molecule has 2 aliphatic heterocycles. The second-order valence-corrected chi connectivity index (χ2v) is 12.6. The average Bonchev–Trinajstić information content (AvgIpc) is 3.05. The molecule has 0 saturated heterocycles. The first-order chi connectivity index (χ1) is 21.4. The van der Waals surface area contributed by atoms with Crippen molar-refractivity contribution in [3.8, 4) is 0 Å². The van der Waals surface area contributed by atoms with Gasteiger partial charge in [0.1, 0.15) is 11.6 Å². The largest absolute Gasteiger partial charge is 0.395 e. The maximum Gasteiger partial charge on any atom is 0.133 e. The molecule has 0 amide bonds. The molecule has 2 aromatic heterocycles. The molecule has 232 valence electrons. The van der Waals surface area contributed by atoms with Crippen molar-refractivity contribution in [1.82, 2.24) is 20.6 Å². The summed E-state index contributed by atoms with van der Waals surface area (Å²) in [5.74, 6) is 1.80. The van der Waals surface area contributed by atoms with Crippen molar-refractivity contribution in [2.75, 3.05) is 63.3 Å². The molecule has 10 heteroatoms.